The largest absolute Gasteiger partial charge is 0.416 e. The van der Waals surface area contributed by atoms with E-state index in [1.165, 1.54) is 12.1 Å². The lowest BCUT2D eigenvalue weighted by atomic mass is 9.91. The van der Waals surface area contributed by atoms with Gasteiger partial charge in [0.05, 0.1) is 11.8 Å². The average Bonchev–Trinajstić information content (AvgIpc) is 2.97. The SMILES string of the molecule is FC(F)(F)c1cccc(-c2cn[nH]c2[C@H]2CCCNC2)c1. The maximum absolute atomic E-state index is 12.8. The minimum atomic E-state index is -4.33. The molecule has 2 N–H and O–H groups in total. The van der Waals surface area contributed by atoms with E-state index in [1.807, 2.05) is 0 Å². The van der Waals surface area contributed by atoms with Crippen molar-refractivity contribution < 1.29 is 13.2 Å². The summed E-state index contributed by atoms with van der Waals surface area (Å²) in [4.78, 5) is 0. The predicted molar refractivity (Wildman–Crippen MR) is 73.9 cm³/mol. The van der Waals surface area contributed by atoms with E-state index in [2.05, 4.69) is 15.5 Å². The van der Waals surface area contributed by atoms with Gasteiger partial charge in [-0.2, -0.15) is 18.3 Å². The number of aromatic amines is 1. The molecule has 0 spiro atoms. The molecule has 1 aliphatic rings. The van der Waals surface area contributed by atoms with Crippen molar-refractivity contribution in [2.75, 3.05) is 13.1 Å². The fourth-order valence-electron chi connectivity index (χ4n) is 2.80. The molecule has 112 valence electrons. The van der Waals surface area contributed by atoms with Gasteiger partial charge in [-0.25, -0.2) is 0 Å². The molecule has 0 saturated carbocycles. The maximum atomic E-state index is 12.8. The van der Waals surface area contributed by atoms with Gasteiger partial charge in [0.15, 0.2) is 0 Å². The van der Waals surface area contributed by atoms with Crippen molar-refractivity contribution >= 4 is 0 Å². The van der Waals surface area contributed by atoms with Gasteiger partial charge in [0, 0.05) is 23.7 Å². The first kappa shape index (κ1) is 14.1. The molecule has 2 aromatic rings. The van der Waals surface area contributed by atoms with Gasteiger partial charge in [-0.1, -0.05) is 12.1 Å². The summed E-state index contributed by atoms with van der Waals surface area (Å²) in [7, 11) is 0. The Morgan fingerprint density at radius 2 is 2.10 bits per heavy atom. The van der Waals surface area contributed by atoms with Gasteiger partial charge in [-0.3, -0.25) is 5.10 Å². The normalized spacial score (nSPS) is 19.7. The summed E-state index contributed by atoms with van der Waals surface area (Å²) < 4.78 is 38.5. The number of nitrogens with one attached hydrogen (secondary N) is 2. The molecule has 0 unspecified atom stereocenters. The number of rotatable bonds is 2. The highest BCUT2D eigenvalue weighted by Crippen LogP contribution is 2.35. The summed E-state index contributed by atoms with van der Waals surface area (Å²) in [6.07, 6.45) is -0.640. The van der Waals surface area contributed by atoms with Crippen LogP contribution in [0, 0.1) is 0 Å². The molecule has 0 aliphatic carbocycles. The third kappa shape index (κ3) is 2.95. The molecule has 0 amide bonds. The first-order valence-corrected chi connectivity index (χ1v) is 6.97. The van der Waals surface area contributed by atoms with Crippen molar-refractivity contribution in [3.8, 4) is 11.1 Å². The van der Waals surface area contributed by atoms with Crippen molar-refractivity contribution in [2.45, 2.75) is 24.9 Å². The molecular formula is C15H16F3N3. The van der Waals surface area contributed by atoms with Gasteiger partial charge < -0.3 is 5.32 Å². The zero-order chi connectivity index (χ0) is 14.9. The van der Waals surface area contributed by atoms with Crippen LogP contribution in [-0.4, -0.2) is 23.3 Å². The van der Waals surface area contributed by atoms with Gasteiger partial charge in [0.25, 0.3) is 0 Å². The minimum absolute atomic E-state index is 0.269. The first-order chi connectivity index (χ1) is 10.1. The first-order valence-electron chi connectivity index (χ1n) is 6.97. The lowest BCUT2D eigenvalue weighted by molar-refractivity contribution is -0.137. The van der Waals surface area contributed by atoms with E-state index in [9.17, 15) is 13.2 Å². The lowest BCUT2D eigenvalue weighted by Crippen LogP contribution is -2.28. The molecule has 2 heterocycles. The molecule has 6 heteroatoms. The summed E-state index contributed by atoms with van der Waals surface area (Å²) in [5.74, 6) is 0.269. The number of piperidine rings is 1. The Morgan fingerprint density at radius 3 is 2.81 bits per heavy atom. The van der Waals surface area contributed by atoms with E-state index in [0.717, 1.165) is 43.3 Å². The highest BCUT2D eigenvalue weighted by atomic mass is 19.4. The Labute approximate surface area is 120 Å². The van der Waals surface area contributed by atoms with Crippen molar-refractivity contribution in [1.29, 1.82) is 0 Å². The molecule has 3 nitrogen and oxygen atoms in total. The number of benzene rings is 1. The van der Waals surface area contributed by atoms with Crippen molar-refractivity contribution in [3.63, 3.8) is 0 Å². The second-order valence-electron chi connectivity index (χ2n) is 5.32. The summed E-state index contributed by atoms with van der Waals surface area (Å²) in [6, 6.07) is 5.41. The van der Waals surface area contributed by atoms with Crippen LogP contribution in [0.25, 0.3) is 11.1 Å². The van der Waals surface area contributed by atoms with E-state index in [0.29, 0.717) is 5.56 Å². The maximum Gasteiger partial charge on any atom is 0.416 e. The Bertz CT molecular complexity index is 613. The van der Waals surface area contributed by atoms with Crippen LogP contribution in [0.5, 0.6) is 0 Å². The lowest BCUT2D eigenvalue weighted by Gasteiger charge is -2.22. The number of nitrogens with zero attached hydrogens (tertiary/aromatic N) is 1. The molecule has 0 radical (unpaired) electrons. The average molecular weight is 295 g/mol. The number of alkyl halides is 3. The Kier molecular flexibility index (Phi) is 3.71. The van der Waals surface area contributed by atoms with Gasteiger partial charge in [0.1, 0.15) is 0 Å². The summed E-state index contributed by atoms with van der Waals surface area (Å²) in [6.45, 7) is 1.82. The van der Waals surface area contributed by atoms with Crippen molar-refractivity contribution in [3.05, 3.63) is 41.7 Å². The van der Waals surface area contributed by atoms with E-state index in [4.69, 9.17) is 0 Å². The Balaban J connectivity index is 1.96. The number of H-pyrrole nitrogens is 1. The second kappa shape index (κ2) is 5.52. The highest BCUT2D eigenvalue weighted by molar-refractivity contribution is 5.66. The highest BCUT2D eigenvalue weighted by Gasteiger charge is 2.31. The molecule has 3 rings (SSSR count). The fraction of sp³-hybridized carbons (Fsp3) is 0.400. The van der Waals surface area contributed by atoms with E-state index in [-0.39, 0.29) is 5.92 Å². The van der Waals surface area contributed by atoms with Crippen LogP contribution in [0.15, 0.2) is 30.5 Å². The molecule has 1 atom stereocenters. The standard InChI is InChI=1S/C15H16F3N3/c16-15(17,18)12-5-1-3-10(7-12)13-9-20-21-14(13)11-4-2-6-19-8-11/h1,3,5,7,9,11,19H,2,4,6,8H2,(H,20,21)/t11-/m0/s1. The van der Waals surface area contributed by atoms with Gasteiger partial charge in [0.2, 0.25) is 0 Å². The second-order valence-corrected chi connectivity index (χ2v) is 5.32. The van der Waals surface area contributed by atoms with Gasteiger partial charge in [-0.05, 0) is 37.1 Å². The molecule has 1 aromatic carbocycles. The van der Waals surface area contributed by atoms with E-state index >= 15 is 0 Å². The number of aromatic nitrogens is 2. The van der Waals surface area contributed by atoms with Crippen LogP contribution >= 0.6 is 0 Å². The third-order valence-electron chi connectivity index (χ3n) is 3.87. The van der Waals surface area contributed by atoms with Crippen LogP contribution < -0.4 is 5.32 Å². The quantitative estimate of drug-likeness (QED) is 0.889. The zero-order valence-corrected chi connectivity index (χ0v) is 11.4. The van der Waals surface area contributed by atoms with Gasteiger partial charge in [-0.15, -0.1) is 0 Å². The minimum Gasteiger partial charge on any atom is -0.316 e. The molecule has 0 bridgehead atoms. The van der Waals surface area contributed by atoms with Crippen molar-refractivity contribution in [1.82, 2.24) is 15.5 Å². The molecule has 1 saturated heterocycles. The molecule has 21 heavy (non-hydrogen) atoms. The topological polar surface area (TPSA) is 40.7 Å². The number of halogens is 3. The molecule has 1 fully saturated rings. The Morgan fingerprint density at radius 1 is 1.24 bits per heavy atom. The molecule has 1 aliphatic heterocycles. The zero-order valence-electron chi connectivity index (χ0n) is 11.4. The van der Waals surface area contributed by atoms with Crippen molar-refractivity contribution in [2.24, 2.45) is 0 Å². The van der Waals surface area contributed by atoms with Crippen LogP contribution in [-0.2, 0) is 6.18 Å². The predicted octanol–water partition coefficient (Wildman–Crippen LogP) is 3.56. The summed E-state index contributed by atoms with van der Waals surface area (Å²) in [5, 5.41) is 10.3. The van der Waals surface area contributed by atoms with Crippen LogP contribution in [0.1, 0.15) is 30.0 Å². The van der Waals surface area contributed by atoms with E-state index in [1.54, 1.807) is 12.3 Å². The molecule has 1 aromatic heterocycles. The summed E-state index contributed by atoms with van der Waals surface area (Å²) >= 11 is 0. The van der Waals surface area contributed by atoms with Gasteiger partial charge >= 0.3 is 6.18 Å². The summed E-state index contributed by atoms with van der Waals surface area (Å²) in [5.41, 5.74) is 1.60. The third-order valence-corrected chi connectivity index (χ3v) is 3.87. The smallest absolute Gasteiger partial charge is 0.316 e. The van der Waals surface area contributed by atoms with E-state index < -0.39 is 11.7 Å². The van der Waals surface area contributed by atoms with Crippen LogP contribution in [0.2, 0.25) is 0 Å². The van der Waals surface area contributed by atoms with Crippen LogP contribution in [0.4, 0.5) is 13.2 Å². The fourth-order valence-corrected chi connectivity index (χ4v) is 2.80. The Hall–Kier alpha value is -1.82. The monoisotopic (exact) mass is 295 g/mol. The number of hydrogen-bond donors (Lipinski definition) is 2. The van der Waals surface area contributed by atoms with Crippen LogP contribution in [0.3, 0.4) is 0 Å². The number of hydrogen-bond acceptors (Lipinski definition) is 2. The molecular weight excluding hydrogens is 279 g/mol.